The zero-order chi connectivity index (χ0) is 9.84. The van der Waals surface area contributed by atoms with E-state index >= 15 is 0 Å². The molecule has 1 atom stereocenters. The molecule has 0 saturated carbocycles. The number of hydrogen-bond donors (Lipinski definition) is 1. The van der Waals surface area contributed by atoms with Gasteiger partial charge in [-0.1, -0.05) is 24.6 Å². The average Bonchev–Trinajstić information content (AvgIpc) is 2.16. The number of nitrogens with two attached hydrogens (primary N) is 1. The fourth-order valence-corrected chi connectivity index (χ4v) is 1.39. The molecule has 1 rings (SSSR count). The van der Waals surface area contributed by atoms with Gasteiger partial charge < -0.3 is 10.5 Å². The summed E-state index contributed by atoms with van der Waals surface area (Å²) in [6.45, 7) is 2.70. The fourth-order valence-electron chi connectivity index (χ4n) is 1.13. The molecular formula is C10H15BrClNO. The second-order valence-electron chi connectivity index (χ2n) is 3.03. The maximum absolute atomic E-state index is 5.96. The molecule has 2 N–H and O–H groups in total. The first kappa shape index (κ1) is 13.8. The SMILES string of the molecule is Br.COc1ccc(C(C)CN)cc1Cl. The Kier molecular flexibility index (Phi) is 6.16. The number of methoxy groups -OCH3 is 1. The Morgan fingerprint density at radius 1 is 1.50 bits per heavy atom. The van der Waals surface area contributed by atoms with Gasteiger partial charge >= 0.3 is 0 Å². The van der Waals surface area contributed by atoms with E-state index in [2.05, 4.69) is 6.92 Å². The highest BCUT2D eigenvalue weighted by atomic mass is 79.9. The lowest BCUT2D eigenvalue weighted by Gasteiger charge is -2.10. The van der Waals surface area contributed by atoms with Crippen molar-refractivity contribution in [2.45, 2.75) is 12.8 Å². The summed E-state index contributed by atoms with van der Waals surface area (Å²) in [6.07, 6.45) is 0. The topological polar surface area (TPSA) is 35.2 Å². The molecule has 0 spiro atoms. The van der Waals surface area contributed by atoms with E-state index in [0.717, 1.165) is 5.56 Å². The highest BCUT2D eigenvalue weighted by Crippen LogP contribution is 2.27. The lowest BCUT2D eigenvalue weighted by atomic mass is 10.0. The smallest absolute Gasteiger partial charge is 0.137 e. The Morgan fingerprint density at radius 3 is 2.57 bits per heavy atom. The zero-order valence-corrected chi connectivity index (χ0v) is 10.8. The van der Waals surface area contributed by atoms with Crippen molar-refractivity contribution in [3.63, 3.8) is 0 Å². The molecule has 0 aliphatic rings. The average molecular weight is 281 g/mol. The summed E-state index contributed by atoms with van der Waals surface area (Å²) < 4.78 is 5.05. The van der Waals surface area contributed by atoms with Gasteiger partial charge in [-0.2, -0.15) is 0 Å². The van der Waals surface area contributed by atoms with Crippen LogP contribution in [0.4, 0.5) is 0 Å². The molecule has 0 fully saturated rings. The standard InChI is InChI=1S/C10H14ClNO.BrH/c1-7(6-12)8-3-4-10(13-2)9(11)5-8;/h3-5,7H,6,12H2,1-2H3;1H. The van der Waals surface area contributed by atoms with Crippen LogP contribution < -0.4 is 10.5 Å². The van der Waals surface area contributed by atoms with E-state index in [-0.39, 0.29) is 17.0 Å². The van der Waals surface area contributed by atoms with Gasteiger partial charge in [0.25, 0.3) is 0 Å². The molecule has 0 aliphatic heterocycles. The maximum Gasteiger partial charge on any atom is 0.137 e. The summed E-state index contributed by atoms with van der Waals surface area (Å²) in [5.41, 5.74) is 6.70. The van der Waals surface area contributed by atoms with Crippen molar-refractivity contribution in [1.29, 1.82) is 0 Å². The van der Waals surface area contributed by atoms with Crippen molar-refractivity contribution < 1.29 is 4.74 Å². The highest BCUT2D eigenvalue weighted by molar-refractivity contribution is 8.93. The summed E-state index contributed by atoms with van der Waals surface area (Å²) >= 11 is 5.96. The second-order valence-corrected chi connectivity index (χ2v) is 3.44. The molecule has 1 aromatic rings. The summed E-state index contributed by atoms with van der Waals surface area (Å²) in [5, 5.41) is 0.639. The minimum absolute atomic E-state index is 0. The number of benzene rings is 1. The van der Waals surface area contributed by atoms with Gasteiger partial charge in [-0.25, -0.2) is 0 Å². The van der Waals surface area contributed by atoms with Crippen LogP contribution in [0.1, 0.15) is 18.4 Å². The fraction of sp³-hybridized carbons (Fsp3) is 0.400. The lowest BCUT2D eigenvalue weighted by Crippen LogP contribution is -2.08. The number of halogens is 2. The Balaban J connectivity index is 0.00000169. The molecule has 0 aliphatic carbocycles. The summed E-state index contributed by atoms with van der Waals surface area (Å²) in [4.78, 5) is 0. The molecule has 0 bridgehead atoms. The van der Waals surface area contributed by atoms with Crippen LogP contribution in [0, 0.1) is 0 Å². The van der Waals surface area contributed by atoms with E-state index in [1.807, 2.05) is 18.2 Å². The van der Waals surface area contributed by atoms with Gasteiger partial charge in [0.1, 0.15) is 5.75 Å². The Morgan fingerprint density at radius 2 is 2.14 bits per heavy atom. The minimum atomic E-state index is 0. The summed E-state index contributed by atoms with van der Waals surface area (Å²) in [6, 6.07) is 5.75. The molecule has 0 aromatic heterocycles. The van der Waals surface area contributed by atoms with E-state index in [9.17, 15) is 0 Å². The summed E-state index contributed by atoms with van der Waals surface area (Å²) in [7, 11) is 1.60. The molecule has 2 nitrogen and oxygen atoms in total. The van der Waals surface area contributed by atoms with Crippen molar-refractivity contribution >= 4 is 28.6 Å². The Bertz CT molecular complexity index is 293. The van der Waals surface area contributed by atoms with E-state index < -0.39 is 0 Å². The molecule has 0 heterocycles. The van der Waals surface area contributed by atoms with Crippen LogP contribution in [-0.2, 0) is 0 Å². The second kappa shape index (κ2) is 6.27. The van der Waals surface area contributed by atoms with Crippen LogP contribution in [0.3, 0.4) is 0 Å². The van der Waals surface area contributed by atoms with E-state index in [4.69, 9.17) is 22.1 Å². The van der Waals surface area contributed by atoms with Crippen molar-refractivity contribution in [3.05, 3.63) is 28.8 Å². The van der Waals surface area contributed by atoms with E-state index in [1.54, 1.807) is 7.11 Å². The molecule has 0 amide bonds. The van der Waals surface area contributed by atoms with Gasteiger partial charge in [-0.05, 0) is 30.2 Å². The van der Waals surface area contributed by atoms with Crippen molar-refractivity contribution in [2.75, 3.05) is 13.7 Å². The monoisotopic (exact) mass is 279 g/mol. The third-order valence-electron chi connectivity index (χ3n) is 2.10. The van der Waals surface area contributed by atoms with Crippen LogP contribution in [0.5, 0.6) is 5.75 Å². The molecule has 0 saturated heterocycles. The third kappa shape index (κ3) is 3.15. The van der Waals surface area contributed by atoms with Gasteiger partial charge in [-0.3, -0.25) is 0 Å². The molecule has 1 unspecified atom stereocenters. The molecule has 80 valence electrons. The largest absolute Gasteiger partial charge is 0.495 e. The van der Waals surface area contributed by atoms with Crippen LogP contribution >= 0.6 is 28.6 Å². The molecular weight excluding hydrogens is 265 g/mol. The van der Waals surface area contributed by atoms with Crippen molar-refractivity contribution in [2.24, 2.45) is 5.73 Å². The van der Waals surface area contributed by atoms with Crippen LogP contribution in [0.25, 0.3) is 0 Å². The molecule has 0 radical (unpaired) electrons. The first-order valence-corrected chi connectivity index (χ1v) is 4.60. The van der Waals surface area contributed by atoms with E-state index in [0.29, 0.717) is 23.2 Å². The Hall–Kier alpha value is -0.250. The first-order valence-electron chi connectivity index (χ1n) is 4.22. The Labute approximate surface area is 100 Å². The third-order valence-corrected chi connectivity index (χ3v) is 2.39. The minimum Gasteiger partial charge on any atom is -0.495 e. The molecule has 4 heteroatoms. The van der Waals surface area contributed by atoms with Gasteiger partial charge in [0.05, 0.1) is 12.1 Å². The highest BCUT2D eigenvalue weighted by Gasteiger charge is 2.06. The normalized spacial score (nSPS) is 11.7. The first-order chi connectivity index (χ1) is 6.19. The predicted octanol–water partition coefficient (Wildman–Crippen LogP) is 2.99. The number of rotatable bonds is 3. The van der Waals surface area contributed by atoms with Crippen LogP contribution in [0.15, 0.2) is 18.2 Å². The quantitative estimate of drug-likeness (QED) is 0.924. The van der Waals surface area contributed by atoms with Gasteiger partial charge in [0.15, 0.2) is 0 Å². The number of hydrogen-bond acceptors (Lipinski definition) is 2. The van der Waals surface area contributed by atoms with Crippen molar-refractivity contribution in [1.82, 2.24) is 0 Å². The summed E-state index contributed by atoms with van der Waals surface area (Å²) in [5.74, 6) is 1.04. The van der Waals surface area contributed by atoms with Gasteiger partial charge in [-0.15, -0.1) is 17.0 Å². The van der Waals surface area contributed by atoms with Gasteiger partial charge in [0.2, 0.25) is 0 Å². The van der Waals surface area contributed by atoms with Gasteiger partial charge in [0, 0.05) is 0 Å². The van der Waals surface area contributed by atoms with Crippen molar-refractivity contribution in [3.8, 4) is 5.75 Å². The molecule has 14 heavy (non-hydrogen) atoms. The number of ether oxygens (including phenoxy) is 1. The van der Waals surface area contributed by atoms with E-state index in [1.165, 1.54) is 0 Å². The molecule has 1 aromatic carbocycles. The lowest BCUT2D eigenvalue weighted by molar-refractivity contribution is 0.415. The van der Waals surface area contributed by atoms with Crippen LogP contribution in [-0.4, -0.2) is 13.7 Å². The van der Waals surface area contributed by atoms with Crippen LogP contribution in [0.2, 0.25) is 5.02 Å². The predicted molar refractivity (Wildman–Crippen MR) is 65.8 cm³/mol. The maximum atomic E-state index is 5.96. The zero-order valence-electron chi connectivity index (χ0n) is 8.29.